The largest absolute Gasteiger partial charge is 0.497 e. The summed E-state index contributed by atoms with van der Waals surface area (Å²) in [5.41, 5.74) is 3.48. The Balaban J connectivity index is 1.55. The smallest absolute Gasteiger partial charge is 0.272 e. The molecule has 3 heterocycles. The lowest BCUT2D eigenvalue weighted by Gasteiger charge is -2.32. The predicted octanol–water partition coefficient (Wildman–Crippen LogP) is 4.17. The number of hydrogen-bond acceptors (Lipinski definition) is 4. The summed E-state index contributed by atoms with van der Waals surface area (Å²) in [5, 5.41) is 0. The Bertz CT molecular complexity index is 959. The first kappa shape index (κ1) is 18.2. The molecule has 1 amide bonds. The van der Waals surface area contributed by atoms with Gasteiger partial charge in [0, 0.05) is 36.5 Å². The van der Waals surface area contributed by atoms with Gasteiger partial charge in [-0.1, -0.05) is 24.3 Å². The lowest BCUT2D eigenvalue weighted by molar-refractivity contribution is 0.0700. The van der Waals surface area contributed by atoms with Crippen LogP contribution in [0.3, 0.4) is 0 Å². The summed E-state index contributed by atoms with van der Waals surface area (Å²) in [7, 11) is 1.66. The van der Waals surface area contributed by atoms with E-state index in [0.29, 0.717) is 12.2 Å². The summed E-state index contributed by atoms with van der Waals surface area (Å²) in [6, 6.07) is 19.5. The zero-order valence-corrected chi connectivity index (χ0v) is 15.9. The van der Waals surface area contributed by atoms with Crippen LogP contribution in [0.5, 0.6) is 5.75 Å². The number of pyridine rings is 2. The number of ether oxygens (including phenoxy) is 1. The van der Waals surface area contributed by atoms with Crippen LogP contribution in [-0.4, -0.2) is 41.0 Å². The highest BCUT2D eigenvalue weighted by atomic mass is 16.5. The SMILES string of the molecule is COc1cccc(-c2cccc([C@H]3CCCN(C(=O)c4ccccn4)C3)n2)c1. The Morgan fingerprint density at radius 2 is 2.00 bits per heavy atom. The first-order valence-corrected chi connectivity index (χ1v) is 9.56. The number of aromatic nitrogens is 2. The van der Waals surface area contributed by atoms with Crippen LogP contribution in [0, 0.1) is 0 Å². The van der Waals surface area contributed by atoms with Crippen LogP contribution in [0.15, 0.2) is 66.9 Å². The fourth-order valence-electron chi connectivity index (χ4n) is 3.68. The van der Waals surface area contributed by atoms with Gasteiger partial charge in [-0.05, 0) is 49.2 Å². The first-order chi connectivity index (χ1) is 13.7. The molecule has 0 N–H and O–H groups in total. The number of benzene rings is 1. The molecule has 142 valence electrons. The van der Waals surface area contributed by atoms with Crippen LogP contribution in [0.2, 0.25) is 0 Å². The maximum Gasteiger partial charge on any atom is 0.272 e. The van der Waals surface area contributed by atoms with Gasteiger partial charge in [-0.15, -0.1) is 0 Å². The van der Waals surface area contributed by atoms with Crippen LogP contribution in [-0.2, 0) is 0 Å². The van der Waals surface area contributed by atoms with E-state index in [1.807, 2.05) is 53.4 Å². The van der Waals surface area contributed by atoms with Gasteiger partial charge in [0.1, 0.15) is 11.4 Å². The molecular weight excluding hydrogens is 350 g/mol. The van der Waals surface area contributed by atoms with E-state index in [2.05, 4.69) is 11.1 Å². The number of hydrogen-bond donors (Lipinski definition) is 0. The third-order valence-corrected chi connectivity index (χ3v) is 5.15. The van der Waals surface area contributed by atoms with Crippen molar-refractivity contribution in [3.63, 3.8) is 0 Å². The minimum atomic E-state index is -0.00532. The maximum atomic E-state index is 12.8. The number of likely N-dealkylation sites (tertiary alicyclic amines) is 1. The molecule has 1 aliphatic heterocycles. The van der Waals surface area contributed by atoms with Gasteiger partial charge in [-0.3, -0.25) is 14.8 Å². The molecule has 2 aromatic heterocycles. The molecule has 4 rings (SSSR count). The van der Waals surface area contributed by atoms with Gasteiger partial charge in [0.2, 0.25) is 0 Å². The van der Waals surface area contributed by atoms with Crippen molar-refractivity contribution in [2.75, 3.05) is 20.2 Å². The number of nitrogens with zero attached hydrogens (tertiary/aromatic N) is 3. The number of rotatable bonds is 4. The van der Waals surface area contributed by atoms with E-state index in [1.54, 1.807) is 19.4 Å². The van der Waals surface area contributed by atoms with Gasteiger partial charge < -0.3 is 9.64 Å². The topological polar surface area (TPSA) is 55.3 Å². The molecular formula is C23H23N3O2. The van der Waals surface area contributed by atoms with Gasteiger partial charge in [0.25, 0.3) is 5.91 Å². The Morgan fingerprint density at radius 1 is 1.11 bits per heavy atom. The van der Waals surface area contributed by atoms with Crippen molar-refractivity contribution in [1.82, 2.24) is 14.9 Å². The molecule has 0 unspecified atom stereocenters. The van der Waals surface area contributed by atoms with Crippen molar-refractivity contribution in [2.24, 2.45) is 0 Å². The molecule has 0 spiro atoms. The maximum absolute atomic E-state index is 12.8. The van der Waals surface area contributed by atoms with Crippen LogP contribution in [0.4, 0.5) is 0 Å². The summed E-state index contributed by atoms with van der Waals surface area (Å²) >= 11 is 0. The van der Waals surface area contributed by atoms with Crippen molar-refractivity contribution >= 4 is 5.91 Å². The number of carbonyl (C=O) groups excluding carboxylic acids is 1. The Kier molecular flexibility index (Phi) is 5.33. The second kappa shape index (κ2) is 8.21. The van der Waals surface area contributed by atoms with E-state index in [1.165, 1.54) is 0 Å². The zero-order chi connectivity index (χ0) is 19.3. The molecule has 5 nitrogen and oxygen atoms in total. The Hall–Kier alpha value is -3.21. The molecule has 1 atom stereocenters. The fraction of sp³-hybridized carbons (Fsp3) is 0.261. The minimum absolute atomic E-state index is 0.00532. The average Bonchev–Trinajstić information content (AvgIpc) is 2.79. The molecule has 5 heteroatoms. The second-order valence-corrected chi connectivity index (χ2v) is 6.98. The molecule has 0 bridgehead atoms. The number of amides is 1. The van der Waals surface area contributed by atoms with Crippen molar-refractivity contribution in [3.8, 4) is 17.0 Å². The van der Waals surface area contributed by atoms with Gasteiger partial charge in [0.05, 0.1) is 12.8 Å². The number of carbonyl (C=O) groups is 1. The average molecular weight is 373 g/mol. The molecule has 28 heavy (non-hydrogen) atoms. The first-order valence-electron chi connectivity index (χ1n) is 9.56. The molecule has 1 fully saturated rings. The third-order valence-electron chi connectivity index (χ3n) is 5.15. The van der Waals surface area contributed by atoms with E-state index >= 15 is 0 Å². The summed E-state index contributed by atoms with van der Waals surface area (Å²) in [5.74, 6) is 1.04. The highest BCUT2D eigenvalue weighted by Crippen LogP contribution is 2.29. The Morgan fingerprint density at radius 3 is 2.82 bits per heavy atom. The molecule has 0 saturated carbocycles. The minimum Gasteiger partial charge on any atom is -0.497 e. The highest BCUT2D eigenvalue weighted by Gasteiger charge is 2.27. The molecule has 0 radical (unpaired) electrons. The quantitative estimate of drug-likeness (QED) is 0.689. The third kappa shape index (κ3) is 3.88. The van der Waals surface area contributed by atoms with E-state index in [0.717, 1.165) is 42.1 Å². The van der Waals surface area contributed by atoms with Gasteiger partial charge >= 0.3 is 0 Å². The van der Waals surface area contributed by atoms with E-state index in [-0.39, 0.29) is 11.8 Å². The second-order valence-electron chi connectivity index (χ2n) is 6.98. The van der Waals surface area contributed by atoms with Crippen molar-refractivity contribution < 1.29 is 9.53 Å². The standard InChI is InChI=1S/C23H23N3O2/c1-28-19-9-4-7-17(15-19)20-11-5-12-21(25-20)18-8-6-14-26(16-18)23(27)22-10-2-3-13-24-22/h2-5,7,9-13,15,18H,6,8,14,16H2,1H3/t18-/m0/s1. The predicted molar refractivity (Wildman–Crippen MR) is 108 cm³/mol. The highest BCUT2D eigenvalue weighted by molar-refractivity contribution is 5.92. The summed E-state index contributed by atoms with van der Waals surface area (Å²) in [4.78, 5) is 23.8. The summed E-state index contributed by atoms with van der Waals surface area (Å²) in [6.45, 7) is 1.44. The van der Waals surface area contributed by atoms with Crippen molar-refractivity contribution in [3.05, 3.63) is 78.2 Å². The Labute approximate surface area is 165 Å². The van der Waals surface area contributed by atoms with Gasteiger partial charge in [-0.2, -0.15) is 0 Å². The molecule has 1 aromatic carbocycles. The molecule has 1 aliphatic rings. The van der Waals surface area contributed by atoms with Gasteiger partial charge in [0.15, 0.2) is 0 Å². The monoisotopic (exact) mass is 373 g/mol. The summed E-state index contributed by atoms with van der Waals surface area (Å²) in [6.07, 6.45) is 3.66. The molecule has 3 aromatic rings. The molecule has 1 saturated heterocycles. The van der Waals surface area contributed by atoms with Crippen molar-refractivity contribution in [2.45, 2.75) is 18.8 Å². The lowest BCUT2D eigenvalue weighted by Crippen LogP contribution is -2.39. The van der Waals surface area contributed by atoms with Crippen LogP contribution in [0.25, 0.3) is 11.3 Å². The van der Waals surface area contributed by atoms with E-state index < -0.39 is 0 Å². The number of methoxy groups -OCH3 is 1. The van der Waals surface area contributed by atoms with Gasteiger partial charge in [-0.25, -0.2) is 0 Å². The molecule has 0 aliphatic carbocycles. The summed E-state index contributed by atoms with van der Waals surface area (Å²) < 4.78 is 5.33. The zero-order valence-electron chi connectivity index (χ0n) is 15.9. The number of piperidine rings is 1. The van der Waals surface area contributed by atoms with Crippen LogP contribution < -0.4 is 4.74 Å². The van der Waals surface area contributed by atoms with Crippen LogP contribution >= 0.6 is 0 Å². The van der Waals surface area contributed by atoms with Crippen LogP contribution in [0.1, 0.15) is 34.9 Å². The lowest BCUT2D eigenvalue weighted by atomic mass is 9.93. The fourth-order valence-corrected chi connectivity index (χ4v) is 3.68. The van der Waals surface area contributed by atoms with Crippen molar-refractivity contribution in [1.29, 1.82) is 0 Å². The van der Waals surface area contributed by atoms with E-state index in [9.17, 15) is 4.79 Å². The normalized spacial score (nSPS) is 16.6. The van der Waals surface area contributed by atoms with E-state index in [4.69, 9.17) is 9.72 Å².